The molecule has 0 bridgehead atoms. The molecule has 4 rings (SSSR count). The summed E-state index contributed by atoms with van der Waals surface area (Å²) in [5.41, 5.74) is 0.587. The van der Waals surface area contributed by atoms with Crippen molar-refractivity contribution in [2.45, 2.75) is 13.1 Å². The first-order chi connectivity index (χ1) is 13.7. The molecule has 0 fully saturated rings. The molecule has 1 N–H and O–H groups in total. The van der Waals surface area contributed by atoms with E-state index >= 15 is 0 Å². The van der Waals surface area contributed by atoms with Crippen LogP contribution in [-0.2, 0) is 13.2 Å². The van der Waals surface area contributed by atoms with Crippen LogP contribution in [-0.4, -0.2) is 35.7 Å². The predicted molar refractivity (Wildman–Crippen MR) is 97.6 cm³/mol. The van der Waals surface area contributed by atoms with Crippen molar-refractivity contribution >= 4 is 22.6 Å². The van der Waals surface area contributed by atoms with Gasteiger partial charge in [-0.05, 0) is 25.1 Å². The molecule has 0 unspecified atom stereocenters. The van der Waals surface area contributed by atoms with Crippen LogP contribution < -0.4 is 5.32 Å². The Bertz CT molecular complexity index is 1230. The number of fused-ring (bicyclic) bond motifs is 1. The summed E-state index contributed by atoms with van der Waals surface area (Å²) < 4.78 is 42.1. The van der Waals surface area contributed by atoms with E-state index in [1.807, 2.05) is 6.92 Å². The summed E-state index contributed by atoms with van der Waals surface area (Å²) in [5, 5.41) is 15.0. The number of para-hydroxylation sites is 1. The maximum atomic E-state index is 13.2. The molecule has 0 spiro atoms. The molecular formula is C18H14F3N7O. The van der Waals surface area contributed by atoms with Gasteiger partial charge in [-0.2, -0.15) is 18.3 Å². The van der Waals surface area contributed by atoms with Gasteiger partial charge in [-0.3, -0.25) is 9.48 Å². The number of rotatable bonds is 3. The lowest BCUT2D eigenvalue weighted by Crippen LogP contribution is -2.13. The van der Waals surface area contributed by atoms with Crippen LogP contribution in [0.2, 0.25) is 0 Å². The van der Waals surface area contributed by atoms with Crippen molar-refractivity contribution in [2.75, 3.05) is 5.32 Å². The van der Waals surface area contributed by atoms with Gasteiger partial charge in [-0.15, -0.1) is 5.10 Å². The smallest absolute Gasteiger partial charge is 0.319 e. The number of carbonyl (C=O) groups excluding carboxylic acids is 1. The third-order valence-electron chi connectivity index (χ3n) is 4.30. The second kappa shape index (κ2) is 6.69. The average molecular weight is 401 g/mol. The van der Waals surface area contributed by atoms with E-state index in [1.54, 1.807) is 17.8 Å². The van der Waals surface area contributed by atoms with Crippen LogP contribution >= 0.6 is 0 Å². The molecule has 0 aliphatic heterocycles. The largest absolute Gasteiger partial charge is 0.418 e. The Morgan fingerprint density at radius 1 is 1.21 bits per heavy atom. The highest BCUT2D eigenvalue weighted by Gasteiger charge is 2.34. The van der Waals surface area contributed by atoms with E-state index in [2.05, 4.69) is 25.7 Å². The summed E-state index contributed by atoms with van der Waals surface area (Å²) in [6.07, 6.45) is -1.96. The summed E-state index contributed by atoms with van der Waals surface area (Å²) in [7, 11) is 1.76. The fourth-order valence-corrected chi connectivity index (χ4v) is 2.97. The summed E-state index contributed by atoms with van der Waals surface area (Å²) in [4.78, 5) is 16.7. The first kappa shape index (κ1) is 18.6. The van der Waals surface area contributed by atoms with Gasteiger partial charge in [-0.25, -0.2) is 9.67 Å². The van der Waals surface area contributed by atoms with E-state index in [1.165, 1.54) is 24.4 Å². The number of nitrogens with zero attached hydrogens (tertiary/aromatic N) is 6. The second-order valence-corrected chi connectivity index (χ2v) is 6.32. The zero-order chi connectivity index (χ0) is 20.8. The van der Waals surface area contributed by atoms with Gasteiger partial charge in [0.1, 0.15) is 0 Å². The fraction of sp³-hybridized carbons (Fsp3) is 0.167. The zero-order valence-electron chi connectivity index (χ0n) is 15.3. The van der Waals surface area contributed by atoms with Gasteiger partial charge in [0, 0.05) is 12.4 Å². The van der Waals surface area contributed by atoms with Crippen LogP contribution in [0.1, 0.15) is 21.7 Å². The number of benzene rings is 1. The molecule has 1 amide bonds. The van der Waals surface area contributed by atoms with Crippen LogP contribution in [0.4, 0.5) is 18.9 Å². The molecule has 11 heteroatoms. The van der Waals surface area contributed by atoms with Crippen molar-refractivity contribution < 1.29 is 18.0 Å². The summed E-state index contributed by atoms with van der Waals surface area (Å²) in [6.45, 7) is 1.82. The number of hydrogen-bond donors (Lipinski definition) is 1. The van der Waals surface area contributed by atoms with Crippen LogP contribution in [0.15, 0.2) is 42.7 Å². The molecule has 1 aromatic carbocycles. The SMILES string of the molecule is Cc1nn(C)c2ncc(NC(=O)c3cn(-c4ccccc4C(F)(F)F)nn3)cc12. The second-order valence-electron chi connectivity index (χ2n) is 6.32. The molecule has 0 aliphatic rings. The van der Waals surface area contributed by atoms with Gasteiger partial charge in [0.2, 0.25) is 0 Å². The van der Waals surface area contributed by atoms with Crippen LogP contribution in [0.3, 0.4) is 0 Å². The normalized spacial score (nSPS) is 11.8. The third kappa shape index (κ3) is 3.42. The molecule has 29 heavy (non-hydrogen) atoms. The minimum absolute atomic E-state index is 0.134. The minimum Gasteiger partial charge on any atom is -0.319 e. The molecule has 148 valence electrons. The Balaban J connectivity index is 1.61. The molecule has 0 atom stereocenters. The molecule has 3 aromatic heterocycles. The summed E-state index contributed by atoms with van der Waals surface area (Å²) >= 11 is 0. The molecule has 4 aromatic rings. The number of anilines is 1. The van der Waals surface area contributed by atoms with Gasteiger partial charge in [0.05, 0.1) is 35.0 Å². The van der Waals surface area contributed by atoms with Crippen LogP contribution in [0.25, 0.3) is 16.7 Å². The number of aryl methyl sites for hydroxylation is 2. The quantitative estimate of drug-likeness (QED) is 0.570. The minimum atomic E-state index is -4.56. The number of alkyl halides is 3. The van der Waals surface area contributed by atoms with E-state index in [-0.39, 0.29) is 11.4 Å². The van der Waals surface area contributed by atoms with Crippen LogP contribution in [0, 0.1) is 6.92 Å². The molecule has 8 nitrogen and oxygen atoms in total. The maximum absolute atomic E-state index is 13.2. The van der Waals surface area contributed by atoms with Crippen molar-refractivity contribution in [3.05, 3.63) is 59.7 Å². The van der Waals surface area contributed by atoms with Crippen molar-refractivity contribution in [2.24, 2.45) is 7.05 Å². The van der Waals surface area contributed by atoms with Crippen molar-refractivity contribution in [1.29, 1.82) is 0 Å². The van der Waals surface area contributed by atoms with E-state index < -0.39 is 17.6 Å². The number of nitrogens with one attached hydrogen (secondary N) is 1. The van der Waals surface area contributed by atoms with E-state index in [0.717, 1.165) is 28.0 Å². The van der Waals surface area contributed by atoms with Gasteiger partial charge in [0.15, 0.2) is 11.3 Å². The van der Waals surface area contributed by atoms with Crippen molar-refractivity contribution in [3.8, 4) is 5.69 Å². The Morgan fingerprint density at radius 2 is 1.97 bits per heavy atom. The molecule has 0 aliphatic carbocycles. The lowest BCUT2D eigenvalue weighted by molar-refractivity contribution is -0.137. The Morgan fingerprint density at radius 3 is 2.72 bits per heavy atom. The first-order valence-electron chi connectivity index (χ1n) is 8.43. The van der Waals surface area contributed by atoms with E-state index in [4.69, 9.17) is 0 Å². The Labute approximate surface area is 162 Å². The molecule has 0 saturated heterocycles. The highest BCUT2D eigenvalue weighted by molar-refractivity contribution is 6.03. The highest BCUT2D eigenvalue weighted by atomic mass is 19.4. The molecular weight excluding hydrogens is 387 g/mol. The first-order valence-corrected chi connectivity index (χ1v) is 8.43. The fourth-order valence-electron chi connectivity index (χ4n) is 2.97. The number of aromatic nitrogens is 6. The number of halogens is 3. The lowest BCUT2D eigenvalue weighted by atomic mass is 10.1. The Kier molecular flexibility index (Phi) is 4.29. The number of pyridine rings is 1. The standard InChI is InChI=1S/C18H14F3N7O/c1-10-12-7-11(8-22-16(12)27(2)25-10)23-17(29)14-9-28(26-24-14)15-6-4-3-5-13(15)18(19,20)21/h3-9H,1-2H3,(H,23,29). The van der Waals surface area contributed by atoms with Gasteiger partial charge >= 0.3 is 6.18 Å². The van der Waals surface area contributed by atoms with Gasteiger partial charge in [0.25, 0.3) is 5.91 Å². The zero-order valence-corrected chi connectivity index (χ0v) is 15.3. The lowest BCUT2D eigenvalue weighted by Gasteiger charge is -2.11. The van der Waals surface area contributed by atoms with Crippen molar-refractivity contribution in [3.63, 3.8) is 0 Å². The topological polar surface area (TPSA) is 90.5 Å². The monoisotopic (exact) mass is 401 g/mol. The molecule has 0 saturated carbocycles. The molecule has 3 heterocycles. The maximum Gasteiger partial charge on any atom is 0.418 e. The Hall–Kier alpha value is -3.76. The molecule has 0 radical (unpaired) electrons. The number of hydrogen-bond acceptors (Lipinski definition) is 5. The number of carbonyl (C=O) groups is 1. The van der Waals surface area contributed by atoms with Crippen molar-refractivity contribution in [1.82, 2.24) is 29.8 Å². The summed E-state index contributed by atoms with van der Waals surface area (Å²) in [5.74, 6) is -0.622. The van der Waals surface area contributed by atoms with Gasteiger partial charge < -0.3 is 5.32 Å². The van der Waals surface area contributed by atoms with Crippen LogP contribution in [0.5, 0.6) is 0 Å². The predicted octanol–water partition coefficient (Wildman–Crippen LogP) is 3.13. The van der Waals surface area contributed by atoms with E-state index in [9.17, 15) is 18.0 Å². The van der Waals surface area contributed by atoms with E-state index in [0.29, 0.717) is 11.3 Å². The number of amides is 1. The van der Waals surface area contributed by atoms with Gasteiger partial charge in [-0.1, -0.05) is 17.3 Å². The average Bonchev–Trinajstić information content (AvgIpc) is 3.27. The highest BCUT2D eigenvalue weighted by Crippen LogP contribution is 2.33. The summed E-state index contributed by atoms with van der Waals surface area (Å²) in [6, 6.07) is 6.63. The third-order valence-corrected chi connectivity index (χ3v) is 4.30.